The second-order valence-corrected chi connectivity index (χ2v) is 4.25. The Morgan fingerprint density at radius 2 is 2.29 bits per heavy atom. The number of benzene rings is 1. The summed E-state index contributed by atoms with van der Waals surface area (Å²) in [5.74, 6) is -2.49. The Kier molecular flexibility index (Phi) is 4.03. The van der Waals surface area contributed by atoms with Crippen molar-refractivity contribution in [3.63, 3.8) is 0 Å². The van der Waals surface area contributed by atoms with Crippen LogP contribution in [0.5, 0.6) is 11.6 Å². The van der Waals surface area contributed by atoms with Crippen LogP contribution in [0.15, 0.2) is 24.4 Å². The number of nitrogens with zero attached hydrogens (tertiary/aromatic N) is 3. The SMILES string of the molecule is O=C(O)Cn1cc(F)c(Oc2ccc([N+](=O)[O-])c(Cl)c2)n1. The van der Waals surface area contributed by atoms with Gasteiger partial charge in [-0.3, -0.25) is 19.6 Å². The van der Waals surface area contributed by atoms with Crippen LogP contribution in [0.2, 0.25) is 5.02 Å². The Morgan fingerprint density at radius 3 is 2.86 bits per heavy atom. The molecule has 0 atom stereocenters. The highest BCUT2D eigenvalue weighted by Gasteiger charge is 2.16. The summed E-state index contributed by atoms with van der Waals surface area (Å²) in [5.41, 5.74) is -0.319. The maximum Gasteiger partial charge on any atom is 0.325 e. The van der Waals surface area contributed by atoms with E-state index in [-0.39, 0.29) is 16.5 Å². The van der Waals surface area contributed by atoms with Crippen molar-refractivity contribution >= 4 is 23.3 Å². The van der Waals surface area contributed by atoms with E-state index in [1.807, 2.05) is 0 Å². The van der Waals surface area contributed by atoms with Gasteiger partial charge in [-0.05, 0) is 6.07 Å². The van der Waals surface area contributed by atoms with Gasteiger partial charge in [-0.2, -0.15) is 4.39 Å². The first-order valence-corrected chi connectivity index (χ1v) is 5.81. The molecule has 1 heterocycles. The second-order valence-electron chi connectivity index (χ2n) is 3.85. The van der Waals surface area contributed by atoms with Gasteiger partial charge in [0.1, 0.15) is 17.3 Å². The van der Waals surface area contributed by atoms with Gasteiger partial charge in [0.25, 0.3) is 11.6 Å². The van der Waals surface area contributed by atoms with Crippen molar-refractivity contribution in [3.8, 4) is 11.6 Å². The predicted molar refractivity (Wildman–Crippen MR) is 68.0 cm³/mol. The van der Waals surface area contributed by atoms with Gasteiger partial charge in [0.05, 0.1) is 11.1 Å². The predicted octanol–water partition coefficient (Wildman–Crippen LogP) is 2.46. The fourth-order valence-electron chi connectivity index (χ4n) is 1.48. The van der Waals surface area contributed by atoms with Gasteiger partial charge in [-0.15, -0.1) is 5.10 Å². The summed E-state index contributed by atoms with van der Waals surface area (Å²) in [7, 11) is 0. The molecule has 8 nitrogen and oxygen atoms in total. The summed E-state index contributed by atoms with van der Waals surface area (Å²) in [6.07, 6.45) is 0.858. The lowest BCUT2D eigenvalue weighted by Crippen LogP contribution is -2.08. The zero-order valence-corrected chi connectivity index (χ0v) is 11.0. The fourth-order valence-corrected chi connectivity index (χ4v) is 1.72. The number of aliphatic carboxylic acids is 1. The first-order valence-electron chi connectivity index (χ1n) is 5.43. The lowest BCUT2D eigenvalue weighted by atomic mass is 10.3. The molecule has 0 fully saturated rings. The number of carboxylic acid groups (broad SMARTS) is 1. The van der Waals surface area contributed by atoms with E-state index in [2.05, 4.69) is 5.10 Å². The van der Waals surface area contributed by atoms with Crippen LogP contribution in [-0.2, 0) is 11.3 Å². The highest BCUT2D eigenvalue weighted by molar-refractivity contribution is 6.32. The van der Waals surface area contributed by atoms with E-state index in [4.69, 9.17) is 21.4 Å². The van der Waals surface area contributed by atoms with Crippen molar-refractivity contribution in [1.82, 2.24) is 9.78 Å². The summed E-state index contributed by atoms with van der Waals surface area (Å²) in [6.45, 7) is -0.526. The molecule has 0 spiro atoms. The average molecular weight is 316 g/mol. The molecule has 1 aromatic heterocycles. The summed E-state index contributed by atoms with van der Waals surface area (Å²) in [4.78, 5) is 20.4. The Labute approximate surface area is 121 Å². The number of halogens is 2. The van der Waals surface area contributed by atoms with Gasteiger partial charge in [-0.25, -0.2) is 0 Å². The minimum atomic E-state index is -1.19. The van der Waals surface area contributed by atoms with Crippen LogP contribution in [0.3, 0.4) is 0 Å². The number of carbonyl (C=O) groups is 1. The zero-order valence-electron chi connectivity index (χ0n) is 10.2. The Bertz CT molecular complexity index is 718. The van der Waals surface area contributed by atoms with E-state index in [1.54, 1.807) is 0 Å². The third-order valence-corrected chi connectivity index (χ3v) is 2.62. The van der Waals surface area contributed by atoms with E-state index in [0.717, 1.165) is 23.0 Å². The van der Waals surface area contributed by atoms with Gasteiger partial charge < -0.3 is 9.84 Å². The molecular formula is C11H7ClFN3O5. The van der Waals surface area contributed by atoms with Crippen LogP contribution in [0, 0.1) is 15.9 Å². The Balaban J connectivity index is 2.22. The number of carboxylic acids is 1. The monoisotopic (exact) mass is 315 g/mol. The number of nitro benzene ring substituents is 1. The molecule has 0 aliphatic heterocycles. The van der Waals surface area contributed by atoms with Gasteiger partial charge in [0.2, 0.25) is 5.82 Å². The van der Waals surface area contributed by atoms with E-state index >= 15 is 0 Å². The van der Waals surface area contributed by atoms with Crippen molar-refractivity contribution in [2.45, 2.75) is 6.54 Å². The van der Waals surface area contributed by atoms with E-state index in [0.29, 0.717) is 0 Å². The topological polar surface area (TPSA) is 107 Å². The summed E-state index contributed by atoms with van der Waals surface area (Å²) in [5, 5.41) is 22.6. The number of hydrogen-bond acceptors (Lipinski definition) is 5. The molecule has 110 valence electrons. The van der Waals surface area contributed by atoms with Crippen LogP contribution in [-0.4, -0.2) is 25.8 Å². The van der Waals surface area contributed by atoms with E-state index < -0.39 is 29.1 Å². The quantitative estimate of drug-likeness (QED) is 0.670. The molecule has 2 rings (SSSR count). The van der Waals surface area contributed by atoms with E-state index in [9.17, 15) is 19.3 Å². The Hall–Kier alpha value is -2.68. The number of ether oxygens (including phenoxy) is 1. The summed E-state index contributed by atoms with van der Waals surface area (Å²) >= 11 is 5.69. The molecule has 0 aliphatic carbocycles. The molecule has 10 heteroatoms. The second kappa shape index (κ2) is 5.75. The molecular weight excluding hydrogens is 309 g/mol. The minimum absolute atomic E-state index is 0.0325. The molecule has 2 aromatic rings. The van der Waals surface area contributed by atoms with Crippen LogP contribution >= 0.6 is 11.6 Å². The van der Waals surface area contributed by atoms with Crippen molar-refractivity contribution in [2.24, 2.45) is 0 Å². The summed E-state index contributed by atoms with van der Waals surface area (Å²) in [6, 6.07) is 3.46. The number of aromatic nitrogens is 2. The highest BCUT2D eigenvalue weighted by Crippen LogP contribution is 2.31. The molecule has 0 amide bonds. The standard InChI is InChI=1S/C11H7ClFN3O5/c12-7-3-6(1-2-9(7)16(19)20)21-11-8(13)4-15(14-11)5-10(17)18/h1-4H,5H2,(H,17,18). The molecule has 0 saturated heterocycles. The first kappa shape index (κ1) is 14.7. The molecule has 21 heavy (non-hydrogen) atoms. The molecule has 0 radical (unpaired) electrons. The van der Waals surface area contributed by atoms with Gasteiger partial charge in [0.15, 0.2) is 0 Å². The largest absolute Gasteiger partial charge is 0.480 e. The number of nitro groups is 1. The van der Waals surface area contributed by atoms with Gasteiger partial charge >= 0.3 is 5.97 Å². The fraction of sp³-hybridized carbons (Fsp3) is 0.0909. The van der Waals surface area contributed by atoms with Gasteiger partial charge in [-0.1, -0.05) is 11.6 Å². The van der Waals surface area contributed by atoms with Crippen molar-refractivity contribution in [2.75, 3.05) is 0 Å². The van der Waals surface area contributed by atoms with Crippen LogP contribution in [0.1, 0.15) is 0 Å². The smallest absolute Gasteiger partial charge is 0.325 e. The number of rotatable bonds is 5. The zero-order chi connectivity index (χ0) is 15.6. The highest BCUT2D eigenvalue weighted by atomic mass is 35.5. The molecule has 1 aromatic carbocycles. The Morgan fingerprint density at radius 1 is 1.57 bits per heavy atom. The average Bonchev–Trinajstić information content (AvgIpc) is 2.68. The van der Waals surface area contributed by atoms with Gasteiger partial charge in [0, 0.05) is 12.1 Å². The summed E-state index contributed by atoms with van der Waals surface area (Å²) < 4.78 is 19.4. The van der Waals surface area contributed by atoms with Crippen molar-refractivity contribution in [1.29, 1.82) is 0 Å². The minimum Gasteiger partial charge on any atom is -0.480 e. The third-order valence-electron chi connectivity index (χ3n) is 2.31. The normalized spacial score (nSPS) is 10.4. The van der Waals surface area contributed by atoms with E-state index in [1.165, 1.54) is 6.07 Å². The molecule has 0 saturated carbocycles. The van der Waals surface area contributed by atoms with Crippen LogP contribution in [0.4, 0.5) is 10.1 Å². The van der Waals surface area contributed by atoms with Crippen molar-refractivity contribution < 1.29 is 24.0 Å². The lowest BCUT2D eigenvalue weighted by molar-refractivity contribution is -0.384. The number of hydrogen-bond donors (Lipinski definition) is 1. The first-order chi connectivity index (χ1) is 9.86. The third kappa shape index (κ3) is 3.45. The molecule has 0 bridgehead atoms. The van der Waals surface area contributed by atoms with Crippen LogP contribution < -0.4 is 4.74 Å². The van der Waals surface area contributed by atoms with Crippen LogP contribution in [0.25, 0.3) is 0 Å². The molecule has 1 N–H and O–H groups in total. The maximum absolute atomic E-state index is 13.5. The molecule has 0 unspecified atom stereocenters. The maximum atomic E-state index is 13.5. The van der Waals surface area contributed by atoms with Crippen molar-refractivity contribution in [3.05, 3.63) is 45.4 Å². The molecule has 0 aliphatic rings. The lowest BCUT2D eigenvalue weighted by Gasteiger charge is -2.03.